The van der Waals surface area contributed by atoms with Crippen molar-refractivity contribution in [2.24, 2.45) is 0 Å². The first-order chi connectivity index (χ1) is 9.38. The van der Waals surface area contributed by atoms with Crippen molar-refractivity contribution >= 4 is 17.3 Å². The van der Waals surface area contributed by atoms with Crippen molar-refractivity contribution in [3.63, 3.8) is 0 Å². The predicted molar refractivity (Wildman–Crippen MR) is 73.3 cm³/mol. The van der Waals surface area contributed by atoms with E-state index in [-0.39, 0.29) is 54.7 Å². The van der Waals surface area contributed by atoms with Gasteiger partial charge in [0, 0.05) is 20.1 Å². The van der Waals surface area contributed by atoms with E-state index in [1.165, 1.54) is 41.5 Å². The number of hydrogen-bond donors (Lipinski definition) is 0. The van der Waals surface area contributed by atoms with Gasteiger partial charge in [-0.3, -0.25) is 14.4 Å². The summed E-state index contributed by atoms with van der Waals surface area (Å²) in [6, 6.07) is 0. The Labute approximate surface area is 144 Å². The fourth-order valence-electron chi connectivity index (χ4n) is 0.859. The maximum atomic E-state index is 9.98. The van der Waals surface area contributed by atoms with Crippen LogP contribution in [0.3, 0.4) is 0 Å². The third-order valence-electron chi connectivity index (χ3n) is 1.22. The zero-order valence-corrected chi connectivity index (χ0v) is 15.4. The van der Waals surface area contributed by atoms with Crippen molar-refractivity contribution in [2.75, 3.05) is 0 Å². The van der Waals surface area contributed by atoms with Crippen LogP contribution in [-0.4, -0.2) is 17.3 Å². The quantitative estimate of drug-likeness (QED) is 0.469. The number of rotatable bonds is 3. The van der Waals surface area contributed by atoms with Gasteiger partial charge in [0.2, 0.25) is 0 Å². The summed E-state index contributed by atoms with van der Waals surface area (Å²) < 4.78 is 0. The summed E-state index contributed by atoms with van der Waals surface area (Å²) >= 11 is 0. The molecule has 0 aliphatic carbocycles. The topological polar surface area (TPSA) is 120 Å². The number of ketones is 3. The van der Waals surface area contributed by atoms with Gasteiger partial charge in [-0.05, 0) is 39.0 Å². The van der Waals surface area contributed by atoms with Gasteiger partial charge in [0.05, 0.1) is 0 Å². The average molecular weight is 396 g/mol. The molecule has 7 heteroatoms. The zero-order valence-electron chi connectivity index (χ0n) is 13.6. The van der Waals surface area contributed by atoms with E-state index >= 15 is 0 Å². The predicted octanol–water partition coefficient (Wildman–Crippen LogP) is -0.484. The van der Waals surface area contributed by atoms with Gasteiger partial charge in [-0.2, -0.15) is 0 Å². The van der Waals surface area contributed by atoms with Crippen molar-refractivity contribution in [2.45, 2.75) is 41.5 Å². The van der Waals surface area contributed by atoms with Crippen LogP contribution in [-0.2, 0) is 34.5 Å². The largest absolute Gasteiger partial charge is 0.876 e. The summed E-state index contributed by atoms with van der Waals surface area (Å²) in [5, 5.41) is 29.9. The molecule has 6 nitrogen and oxygen atoms in total. The summed E-state index contributed by atoms with van der Waals surface area (Å²) in [5.74, 6) is -1.12. The van der Waals surface area contributed by atoms with Crippen LogP contribution < -0.4 is 15.3 Å². The fourth-order valence-corrected chi connectivity index (χ4v) is 0.859. The minimum atomic E-state index is -0.187. The molecule has 0 N–H and O–H groups in total. The van der Waals surface area contributed by atoms with Crippen molar-refractivity contribution < 1.29 is 49.8 Å². The molecule has 0 unspecified atom stereocenters. The molecule has 0 aromatic carbocycles. The molecule has 0 rings (SSSR count). The van der Waals surface area contributed by atoms with Gasteiger partial charge in [-0.25, -0.2) is 0 Å². The van der Waals surface area contributed by atoms with Crippen LogP contribution in [0.5, 0.6) is 0 Å². The molecule has 0 aromatic heterocycles. The van der Waals surface area contributed by atoms with Crippen molar-refractivity contribution in [1.29, 1.82) is 0 Å². The van der Waals surface area contributed by atoms with E-state index in [2.05, 4.69) is 0 Å². The Morgan fingerprint density at radius 1 is 0.545 bits per heavy atom. The maximum absolute atomic E-state index is 9.98. The van der Waals surface area contributed by atoms with Crippen molar-refractivity contribution in [1.82, 2.24) is 0 Å². The Bertz CT molecular complexity index is 368. The van der Waals surface area contributed by atoms with E-state index in [0.29, 0.717) is 0 Å². The number of carbonyl (C=O) groups excluding carboxylic acids is 3. The maximum Gasteiger partial charge on any atom is 0.151 e. The zero-order chi connectivity index (χ0) is 17.6. The molecule has 0 heterocycles. The van der Waals surface area contributed by atoms with Crippen LogP contribution in [0.25, 0.3) is 0 Å². The average Bonchev–Trinajstić information content (AvgIpc) is 2.10. The van der Waals surface area contributed by atoms with Gasteiger partial charge in [0.1, 0.15) is 0 Å². The molecule has 0 saturated carbocycles. The molecule has 127 valence electrons. The molecular formula is C15H21O6Tc-3. The van der Waals surface area contributed by atoms with Crippen molar-refractivity contribution in [3.8, 4) is 0 Å². The Balaban J connectivity index is -0.000000108. The molecule has 0 bridgehead atoms. The molecule has 0 amide bonds. The van der Waals surface area contributed by atoms with E-state index in [9.17, 15) is 29.7 Å². The van der Waals surface area contributed by atoms with Gasteiger partial charge < -0.3 is 15.3 Å². The van der Waals surface area contributed by atoms with Gasteiger partial charge in [-0.1, -0.05) is 20.8 Å². The number of hydrogen-bond acceptors (Lipinski definition) is 6. The van der Waals surface area contributed by atoms with Crippen LogP contribution in [0.2, 0.25) is 0 Å². The summed E-state index contributed by atoms with van der Waals surface area (Å²) in [7, 11) is 0. The molecule has 0 atom stereocenters. The van der Waals surface area contributed by atoms with Crippen LogP contribution in [0.15, 0.2) is 35.5 Å². The first-order valence-electron chi connectivity index (χ1n) is 5.96. The Morgan fingerprint density at radius 2 is 0.682 bits per heavy atom. The summed E-state index contributed by atoms with van der Waals surface area (Å²) in [6.07, 6.45) is 3.17. The van der Waals surface area contributed by atoms with E-state index in [4.69, 9.17) is 0 Å². The molecular weight excluding hydrogens is 375 g/mol. The number of carbonyl (C=O) groups is 3. The summed E-state index contributed by atoms with van der Waals surface area (Å²) in [5.41, 5.74) is 0. The monoisotopic (exact) mass is 396 g/mol. The second-order valence-electron chi connectivity index (χ2n) is 4.10. The third kappa shape index (κ3) is 51.7. The Morgan fingerprint density at radius 3 is 0.682 bits per heavy atom. The smallest absolute Gasteiger partial charge is 0.151 e. The van der Waals surface area contributed by atoms with Gasteiger partial charge in [-0.15, -0.1) is 17.3 Å². The first-order valence-corrected chi connectivity index (χ1v) is 5.96. The molecule has 0 aliphatic heterocycles. The van der Waals surface area contributed by atoms with Crippen LogP contribution in [0.4, 0.5) is 0 Å². The SMILES string of the molecule is CC(=O)/C=C(/C)[O-].CC(=O)/C=C(/C)[O-].CC(=O)/C=C(/C)[O-].[99Tc]. The van der Waals surface area contributed by atoms with Gasteiger partial charge in [0.25, 0.3) is 0 Å². The van der Waals surface area contributed by atoms with E-state index in [1.54, 1.807) is 0 Å². The minimum Gasteiger partial charge on any atom is -0.876 e. The number of allylic oxidation sites excluding steroid dienone is 6. The molecule has 0 aliphatic rings. The minimum absolute atomic E-state index is 0. The molecule has 1 radical (unpaired) electrons. The normalized spacial score (nSPS) is 10.9. The molecule has 0 aromatic rings. The van der Waals surface area contributed by atoms with E-state index < -0.39 is 0 Å². The third-order valence-corrected chi connectivity index (χ3v) is 1.22. The Kier molecular flexibility index (Phi) is 22.4. The Hall–Kier alpha value is -1.72. The molecule has 0 fully saturated rings. The van der Waals surface area contributed by atoms with E-state index in [1.807, 2.05) is 0 Å². The van der Waals surface area contributed by atoms with Crippen LogP contribution >= 0.6 is 0 Å². The van der Waals surface area contributed by atoms with Crippen LogP contribution in [0.1, 0.15) is 41.5 Å². The van der Waals surface area contributed by atoms with Gasteiger partial charge in [0.15, 0.2) is 17.3 Å². The van der Waals surface area contributed by atoms with E-state index in [0.717, 1.165) is 18.2 Å². The summed E-state index contributed by atoms with van der Waals surface area (Å²) in [6.45, 7) is 8.09. The fraction of sp³-hybridized carbons (Fsp3) is 0.400. The first kappa shape index (κ1) is 28.4. The standard InChI is InChI=1S/3C5H8O2.Tc/c3*1-4(6)3-5(2)7;/h3*3,6H,1-2H3;/p-3/b3*4-3-;/i;;;1+1. The van der Waals surface area contributed by atoms with Crippen molar-refractivity contribution in [3.05, 3.63) is 35.5 Å². The molecule has 0 saturated heterocycles. The second kappa shape index (κ2) is 17.3. The van der Waals surface area contributed by atoms with Gasteiger partial charge >= 0.3 is 0 Å². The van der Waals surface area contributed by atoms with Crippen LogP contribution in [0, 0.1) is 0 Å². The second-order valence-corrected chi connectivity index (χ2v) is 4.10. The molecule has 0 spiro atoms. The molecule has 22 heavy (non-hydrogen) atoms. The summed E-state index contributed by atoms with van der Waals surface area (Å²) in [4.78, 5) is 29.9.